The number of hydrogen-bond acceptors (Lipinski definition) is 5. The molecule has 0 radical (unpaired) electrons. The third-order valence-corrected chi connectivity index (χ3v) is 5.54. The number of methoxy groups -OCH3 is 1. The Morgan fingerprint density at radius 1 is 1.28 bits per heavy atom. The smallest absolute Gasteiger partial charge is 0.167 e. The molecule has 140 valence electrons. The van der Waals surface area contributed by atoms with E-state index in [1.807, 2.05) is 4.90 Å². The fourth-order valence-corrected chi connectivity index (χ4v) is 3.89. The average molecular weight is 357 g/mol. The number of piperidine rings is 1. The predicted molar refractivity (Wildman–Crippen MR) is 87.4 cm³/mol. The first-order chi connectivity index (χ1) is 11.8. The highest BCUT2D eigenvalue weighted by molar-refractivity contribution is 5.35. The molecule has 0 bridgehead atoms. The summed E-state index contributed by atoms with van der Waals surface area (Å²) in [6.45, 7) is 3.34. The molecule has 0 aliphatic carbocycles. The van der Waals surface area contributed by atoms with Crippen LogP contribution in [0.25, 0.3) is 0 Å². The fraction of sp³-hybridized carbons (Fsp3) is 0.667. The van der Waals surface area contributed by atoms with Gasteiger partial charge >= 0.3 is 0 Å². The molecule has 1 aromatic rings. The van der Waals surface area contributed by atoms with Crippen LogP contribution in [0.5, 0.6) is 5.75 Å². The molecule has 5 nitrogen and oxygen atoms in total. The maximum atomic E-state index is 14.1. The van der Waals surface area contributed by atoms with E-state index in [9.17, 15) is 19.0 Å². The summed E-state index contributed by atoms with van der Waals surface area (Å²) in [7, 11) is 1.43. The van der Waals surface area contributed by atoms with Crippen LogP contribution in [0.3, 0.4) is 0 Å². The van der Waals surface area contributed by atoms with E-state index in [4.69, 9.17) is 9.47 Å². The van der Waals surface area contributed by atoms with Crippen molar-refractivity contribution in [3.63, 3.8) is 0 Å². The highest BCUT2D eigenvalue weighted by Gasteiger charge is 2.52. The van der Waals surface area contributed by atoms with Gasteiger partial charge < -0.3 is 19.7 Å². The van der Waals surface area contributed by atoms with Gasteiger partial charge in [0.15, 0.2) is 11.6 Å². The lowest BCUT2D eigenvalue weighted by Gasteiger charge is -2.51. The van der Waals surface area contributed by atoms with Crippen molar-refractivity contribution in [3.8, 4) is 5.75 Å². The lowest BCUT2D eigenvalue weighted by atomic mass is 9.75. The number of likely N-dealkylation sites (tertiary alicyclic amines) is 1. The molecular formula is C18H25F2NO4. The van der Waals surface area contributed by atoms with Crippen LogP contribution in [-0.4, -0.2) is 59.2 Å². The lowest BCUT2D eigenvalue weighted by Crippen LogP contribution is -2.64. The minimum atomic E-state index is -1.17. The Balaban J connectivity index is 1.71. The third kappa shape index (κ3) is 3.38. The second-order valence-electron chi connectivity index (χ2n) is 7.24. The standard InChI is InChI=1S/C18H25F2NO4/c1-17(23)7-10-25-18(16(17)22)5-8-21(9-6-18)11-12-14(24-2)4-3-13(19)15(12)20/h3-4,16,22-23H,5-11H2,1-2H3/t16-,17+/m0/s1. The maximum absolute atomic E-state index is 14.1. The van der Waals surface area contributed by atoms with E-state index in [1.165, 1.54) is 13.2 Å². The Labute approximate surface area is 146 Å². The molecule has 2 N–H and O–H groups in total. The maximum Gasteiger partial charge on any atom is 0.167 e. The summed E-state index contributed by atoms with van der Waals surface area (Å²) in [5.41, 5.74) is -1.75. The van der Waals surface area contributed by atoms with Gasteiger partial charge in [-0.2, -0.15) is 0 Å². The van der Waals surface area contributed by atoms with E-state index < -0.39 is 28.9 Å². The summed E-state index contributed by atoms with van der Waals surface area (Å²) >= 11 is 0. The van der Waals surface area contributed by atoms with Crippen molar-refractivity contribution in [2.45, 2.75) is 50.0 Å². The topological polar surface area (TPSA) is 62.2 Å². The Morgan fingerprint density at radius 2 is 1.96 bits per heavy atom. The highest BCUT2D eigenvalue weighted by Crippen LogP contribution is 2.40. The van der Waals surface area contributed by atoms with Crippen LogP contribution in [0.2, 0.25) is 0 Å². The molecule has 3 rings (SSSR count). The first kappa shape index (κ1) is 18.5. The van der Waals surface area contributed by atoms with Crippen LogP contribution < -0.4 is 4.74 Å². The second-order valence-corrected chi connectivity index (χ2v) is 7.24. The van der Waals surface area contributed by atoms with E-state index >= 15 is 0 Å². The van der Waals surface area contributed by atoms with Crippen molar-refractivity contribution in [2.24, 2.45) is 0 Å². The summed E-state index contributed by atoms with van der Waals surface area (Å²) in [5.74, 6) is -1.47. The largest absolute Gasteiger partial charge is 0.496 e. The van der Waals surface area contributed by atoms with Gasteiger partial charge in [-0.05, 0) is 31.9 Å². The molecule has 7 heteroatoms. The number of aliphatic hydroxyl groups is 2. The van der Waals surface area contributed by atoms with E-state index in [-0.39, 0.29) is 12.1 Å². The summed E-state index contributed by atoms with van der Waals surface area (Å²) in [6, 6.07) is 2.47. The first-order valence-corrected chi connectivity index (χ1v) is 8.57. The second kappa shape index (κ2) is 6.79. The van der Waals surface area contributed by atoms with Gasteiger partial charge in [0.1, 0.15) is 11.9 Å². The quantitative estimate of drug-likeness (QED) is 0.864. The highest BCUT2D eigenvalue weighted by atomic mass is 19.2. The molecule has 0 saturated carbocycles. The third-order valence-electron chi connectivity index (χ3n) is 5.54. The number of halogens is 2. The monoisotopic (exact) mass is 357 g/mol. The number of benzene rings is 1. The molecule has 0 aromatic heterocycles. The Bertz CT molecular complexity index is 630. The number of hydrogen-bond donors (Lipinski definition) is 2. The van der Waals surface area contributed by atoms with Crippen molar-refractivity contribution >= 4 is 0 Å². The molecule has 1 aromatic carbocycles. The molecule has 0 amide bonds. The van der Waals surface area contributed by atoms with Gasteiger partial charge in [-0.15, -0.1) is 0 Å². The predicted octanol–water partition coefficient (Wildman–Crippen LogP) is 1.84. The number of rotatable bonds is 3. The Morgan fingerprint density at radius 3 is 2.60 bits per heavy atom. The summed E-state index contributed by atoms with van der Waals surface area (Å²) < 4.78 is 38.7. The molecule has 1 spiro atoms. The lowest BCUT2D eigenvalue weighted by molar-refractivity contribution is -0.246. The van der Waals surface area contributed by atoms with Gasteiger partial charge in [-0.25, -0.2) is 8.78 Å². The molecule has 2 aliphatic heterocycles. The summed E-state index contributed by atoms with van der Waals surface area (Å²) in [4.78, 5) is 1.98. The van der Waals surface area contributed by atoms with Gasteiger partial charge in [0.25, 0.3) is 0 Å². The summed E-state index contributed by atoms with van der Waals surface area (Å²) in [6.07, 6.45) is 0.467. The van der Waals surface area contributed by atoms with Crippen molar-refractivity contribution < 1.29 is 28.5 Å². The minimum absolute atomic E-state index is 0.190. The molecule has 2 fully saturated rings. The van der Waals surface area contributed by atoms with Gasteiger partial charge in [-0.1, -0.05) is 0 Å². The SMILES string of the molecule is COc1ccc(F)c(F)c1CN1CCC2(CC1)OCC[C@@](C)(O)[C@@H]2O. The van der Waals surface area contributed by atoms with E-state index in [1.54, 1.807) is 6.92 Å². The zero-order valence-electron chi connectivity index (χ0n) is 14.6. The number of aliphatic hydroxyl groups excluding tert-OH is 1. The zero-order chi connectivity index (χ0) is 18.2. The van der Waals surface area contributed by atoms with Crippen molar-refractivity contribution in [2.75, 3.05) is 26.8 Å². The van der Waals surface area contributed by atoms with Gasteiger partial charge in [0.05, 0.1) is 24.9 Å². The summed E-state index contributed by atoms with van der Waals surface area (Å²) in [5, 5.41) is 20.9. The van der Waals surface area contributed by atoms with Crippen LogP contribution in [0.1, 0.15) is 31.7 Å². The van der Waals surface area contributed by atoms with Crippen LogP contribution in [0.15, 0.2) is 12.1 Å². The van der Waals surface area contributed by atoms with Gasteiger partial charge in [-0.3, -0.25) is 4.90 Å². The molecule has 2 atom stereocenters. The molecule has 2 heterocycles. The van der Waals surface area contributed by atoms with E-state index in [0.29, 0.717) is 44.7 Å². The molecule has 0 unspecified atom stereocenters. The molecular weight excluding hydrogens is 332 g/mol. The Kier molecular flexibility index (Phi) is 5.03. The van der Waals surface area contributed by atoms with Gasteiger partial charge in [0.2, 0.25) is 0 Å². The molecule has 2 aliphatic rings. The zero-order valence-corrected chi connectivity index (χ0v) is 14.6. The van der Waals surface area contributed by atoms with Crippen LogP contribution in [0.4, 0.5) is 8.78 Å². The van der Waals surface area contributed by atoms with Crippen molar-refractivity contribution in [1.82, 2.24) is 4.90 Å². The van der Waals surface area contributed by atoms with Crippen LogP contribution in [-0.2, 0) is 11.3 Å². The van der Waals surface area contributed by atoms with Crippen molar-refractivity contribution in [1.29, 1.82) is 0 Å². The van der Waals surface area contributed by atoms with E-state index in [0.717, 1.165) is 6.07 Å². The van der Waals surface area contributed by atoms with Gasteiger partial charge in [0, 0.05) is 31.6 Å². The Hall–Kier alpha value is -1.28. The van der Waals surface area contributed by atoms with Crippen LogP contribution >= 0.6 is 0 Å². The first-order valence-electron chi connectivity index (χ1n) is 8.57. The number of nitrogens with zero attached hydrogens (tertiary/aromatic N) is 1. The van der Waals surface area contributed by atoms with E-state index in [2.05, 4.69) is 0 Å². The average Bonchev–Trinajstić information content (AvgIpc) is 2.59. The van der Waals surface area contributed by atoms with Crippen molar-refractivity contribution in [3.05, 3.63) is 29.3 Å². The minimum Gasteiger partial charge on any atom is -0.496 e. The fourth-order valence-electron chi connectivity index (χ4n) is 3.89. The van der Waals surface area contributed by atoms with Crippen LogP contribution in [0, 0.1) is 11.6 Å². The molecule has 25 heavy (non-hydrogen) atoms. The number of ether oxygens (including phenoxy) is 2. The normalized spacial score (nSPS) is 29.8. The molecule has 2 saturated heterocycles.